The fourth-order valence-electron chi connectivity index (χ4n) is 3.97. The van der Waals surface area contributed by atoms with E-state index in [1.807, 2.05) is 0 Å². The van der Waals surface area contributed by atoms with Gasteiger partial charge in [0.05, 0.1) is 11.0 Å². The highest BCUT2D eigenvalue weighted by Gasteiger charge is 2.30. The summed E-state index contributed by atoms with van der Waals surface area (Å²) in [4.78, 5) is 5.87. The summed E-state index contributed by atoms with van der Waals surface area (Å²) in [6.07, 6.45) is 8.09. The molecule has 0 aromatic heterocycles. The first-order valence-corrected chi connectivity index (χ1v) is 8.83. The van der Waals surface area contributed by atoms with E-state index in [9.17, 15) is 0 Å². The number of rotatable bonds is 5. The number of piperazine rings is 1. The highest BCUT2D eigenvalue weighted by molar-refractivity contribution is 7.80. The second kappa shape index (κ2) is 7.71. The van der Waals surface area contributed by atoms with Crippen LogP contribution < -0.4 is 5.73 Å². The van der Waals surface area contributed by atoms with Crippen molar-refractivity contribution in [1.82, 2.24) is 9.80 Å². The van der Waals surface area contributed by atoms with Crippen molar-refractivity contribution in [1.29, 1.82) is 0 Å². The first-order chi connectivity index (χ1) is 9.65. The van der Waals surface area contributed by atoms with Crippen molar-refractivity contribution < 1.29 is 0 Å². The molecule has 0 aromatic rings. The summed E-state index contributed by atoms with van der Waals surface area (Å²) in [5.74, 6) is 0.992. The Morgan fingerprint density at radius 1 is 1.10 bits per heavy atom. The van der Waals surface area contributed by atoms with E-state index in [2.05, 4.69) is 23.6 Å². The van der Waals surface area contributed by atoms with E-state index in [0.717, 1.165) is 31.5 Å². The molecule has 1 unspecified atom stereocenters. The molecule has 2 aliphatic rings. The molecule has 1 saturated heterocycles. The number of nitrogens with two attached hydrogens (primary N) is 1. The lowest BCUT2D eigenvalue weighted by atomic mass is 9.84. The second-order valence-corrected chi connectivity index (χ2v) is 6.95. The Morgan fingerprint density at radius 3 is 2.15 bits per heavy atom. The van der Waals surface area contributed by atoms with E-state index >= 15 is 0 Å². The van der Waals surface area contributed by atoms with Crippen LogP contribution in [0.5, 0.6) is 0 Å². The van der Waals surface area contributed by atoms with Crippen LogP contribution in [0.25, 0.3) is 0 Å². The third kappa shape index (κ3) is 3.92. The lowest BCUT2D eigenvalue weighted by molar-refractivity contribution is 0.0617. The van der Waals surface area contributed by atoms with Crippen molar-refractivity contribution in [2.24, 2.45) is 11.7 Å². The number of thiocarbonyl (C=S) groups is 1. The number of hydrogen-bond donors (Lipinski definition) is 1. The zero-order valence-corrected chi connectivity index (χ0v) is 14.0. The van der Waals surface area contributed by atoms with Crippen LogP contribution in [0.1, 0.15) is 52.4 Å². The maximum absolute atomic E-state index is 5.86. The molecular formula is C16H31N3S. The summed E-state index contributed by atoms with van der Waals surface area (Å²) in [5, 5.41) is 0. The summed E-state index contributed by atoms with van der Waals surface area (Å²) in [5.41, 5.74) is 5.86. The molecule has 4 heteroatoms. The summed E-state index contributed by atoms with van der Waals surface area (Å²) in [7, 11) is 0. The molecular weight excluding hydrogens is 266 g/mol. The van der Waals surface area contributed by atoms with Crippen LogP contribution in [-0.4, -0.2) is 53.1 Å². The monoisotopic (exact) mass is 297 g/mol. The molecule has 1 atom stereocenters. The van der Waals surface area contributed by atoms with Gasteiger partial charge >= 0.3 is 0 Å². The Hall–Kier alpha value is -0.190. The van der Waals surface area contributed by atoms with Crippen LogP contribution in [0.3, 0.4) is 0 Å². The van der Waals surface area contributed by atoms with Crippen LogP contribution in [0.4, 0.5) is 0 Å². The first-order valence-electron chi connectivity index (χ1n) is 8.43. The summed E-state index contributed by atoms with van der Waals surface area (Å²) < 4.78 is 0. The quantitative estimate of drug-likeness (QED) is 0.791. The van der Waals surface area contributed by atoms with Crippen molar-refractivity contribution in [3.63, 3.8) is 0 Å². The average Bonchev–Trinajstić information content (AvgIpc) is 2.48. The van der Waals surface area contributed by atoms with Crippen molar-refractivity contribution >= 4 is 17.2 Å². The molecule has 1 aliphatic carbocycles. The van der Waals surface area contributed by atoms with Crippen LogP contribution >= 0.6 is 12.2 Å². The molecule has 2 rings (SSSR count). The highest BCUT2D eigenvalue weighted by atomic mass is 32.1. The zero-order chi connectivity index (χ0) is 14.5. The van der Waals surface area contributed by atoms with E-state index in [1.54, 1.807) is 0 Å². The fourth-order valence-corrected chi connectivity index (χ4v) is 4.29. The summed E-state index contributed by atoms with van der Waals surface area (Å²) in [6, 6.07) is 1.15. The van der Waals surface area contributed by atoms with Crippen LogP contribution in [-0.2, 0) is 0 Å². The Morgan fingerprint density at radius 2 is 1.70 bits per heavy atom. The molecule has 0 radical (unpaired) electrons. The van der Waals surface area contributed by atoms with E-state index in [4.69, 9.17) is 18.0 Å². The predicted octanol–water partition coefficient (Wildman–Crippen LogP) is 2.64. The first kappa shape index (κ1) is 16.2. The van der Waals surface area contributed by atoms with Gasteiger partial charge in [0.2, 0.25) is 0 Å². The molecule has 1 aliphatic heterocycles. The van der Waals surface area contributed by atoms with Gasteiger partial charge < -0.3 is 5.73 Å². The van der Waals surface area contributed by atoms with E-state index in [0.29, 0.717) is 11.0 Å². The predicted molar refractivity (Wildman–Crippen MR) is 90.0 cm³/mol. The molecule has 2 fully saturated rings. The van der Waals surface area contributed by atoms with E-state index in [1.165, 1.54) is 45.2 Å². The number of hydrogen-bond acceptors (Lipinski definition) is 3. The molecule has 0 amide bonds. The largest absolute Gasteiger partial charge is 0.392 e. The van der Waals surface area contributed by atoms with Crippen molar-refractivity contribution in [3.8, 4) is 0 Å². The number of nitrogens with zero attached hydrogens (tertiary/aromatic N) is 2. The molecule has 0 aromatic carbocycles. The lowest BCUT2D eigenvalue weighted by Gasteiger charge is -2.43. The van der Waals surface area contributed by atoms with Gasteiger partial charge in [0.25, 0.3) is 0 Å². The zero-order valence-electron chi connectivity index (χ0n) is 13.2. The molecule has 0 bridgehead atoms. The van der Waals surface area contributed by atoms with Crippen molar-refractivity contribution in [3.05, 3.63) is 0 Å². The van der Waals surface area contributed by atoms with Crippen molar-refractivity contribution in [2.75, 3.05) is 26.2 Å². The second-order valence-electron chi connectivity index (χ2n) is 6.48. The minimum Gasteiger partial charge on any atom is -0.392 e. The van der Waals surface area contributed by atoms with Gasteiger partial charge in [-0.25, -0.2) is 0 Å². The molecule has 3 nitrogen and oxygen atoms in total. The van der Waals surface area contributed by atoms with E-state index in [-0.39, 0.29) is 0 Å². The molecule has 20 heavy (non-hydrogen) atoms. The van der Waals surface area contributed by atoms with Crippen LogP contribution in [0.15, 0.2) is 0 Å². The standard InChI is InChI=1S/C16H31N3S/c1-3-13-5-7-14(8-6-13)18-9-11-19(12-10-18)15(4-2)16(17)20/h13-15H,3-12H2,1-2H3,(H2,17,20). The Bertz CT molecular complexity index is 305. The average molecular weight is 298 g/mol. The normalized spacial score (nSPS) is 31.1. The maximum atomic E-state index is 5.86. The molecule has 116 valence electrons. The van der Waals surface area contributed by atoms with Gasteiger partial charge in [-0.3, -0.25) is 9.80 Å². The Labute approximate surface area is 129 Å². The van der Waals surface area contributed by atoms with Gasteiger partial charge in [0.15, 0.2) is 0 Å². The fraction of sp³-hybridized carbons (Fsp3) is 0.938. The van der Waals surface area contributed by atoms with Gasteiger partial charge in [0, 0.05) is 32.2 Å². The lowest BCUT2D eigenvalue weighted by Crippen LogP contribution is -2.55. The van der Waals surface area contributed by atoms with Gasteiger partial charge in [-0.2, -0.15) is 0 Å². The molecule has 0 spiro atoms. The summed E-state index contributed by atoms with van der Waals surface area (Å²) >= 11 is 5.20. The summed E-state index contributed by atoms with van der Waals surface area (Å²) in [6.45, 7) is 9.17. The van der Waals surface area contributed by atoms with E-state index < -0.39 is 0 Å². The molecule has 1 heterocycles. The van der Waals surface area contributed by atoms with Crippen LogP contribution in [0.2, 0.25) is 0 Å². The van der Waals surface area contributed by atoms with Crippen molar-refractivity contribution in [2.45, 2.75) is 64.5 Å². The highest BCUT2D eigenvalue weighted by Crippen LogP contribution is 2.30. The molecule has 2 N–H and O–H groups in total. The van der Waals surface area contributed by atoms with Gasteiger partial charge in [0.1, 0.15) is 0 Å². The third-order valence-corrected chi connectivity index (χ3v) is 5.69. The Kier molecular flexibility index (Phi) is 6.24. The smallest absolute Gasteiger partial charge is 0.0901 e. The van der Waals surface area contributed by atoms with Crippen LogP contribution in [0, 0.1) is 5.92 Å². The SMILES string of the molecule is CCC1CCC(N2CCN(C(CC)C(N)=S)CC2)CC1. The Balaban J connectivity index is 1.78. The van der Waals surface area contributed by atoms with Gasteiger partial charge in [-0.1, -0.05) is 32.5 Å². The maximum Gasteiger partial charge on any atom is 0.0901 e. The minimum atomic E-state index is 0.308. The van der Waals surface area contributed by atoms with Gasteiger partial charge in [-0.15, -0.1) is 0 Å². The van der Waals surface area contributed by atoms with Gasteiger partial charge in [-0.05, 0) is 38.0 Å². The molecule has 1 saturated carbocycles. The topological polar surface area (TPSA) is 32.5 Å². The minimum absolute atomic E-state index is 0.308. The third-order valence-electron chi connectivity index (χ3n) is 5.41.